The second-order valence-corrected chi connectivity index (χ2v) is 3.91. The average Bonchev–Trinajstić information content (AvgIpc) is 2.41. The van der Waals surface area contributed by atoms with Gasteiger partial charge in [0, 0.05) is 30.6 Å². The summed E-state index contributed by atoms with van der Waals surface area (Å²) < 4.78 is 5.32. The maximum Gasteiger partial charge on any atom is 0.322 e. The lowest BCUT2D eigenvalue weighted by molar-refractivity contribution is -0.385. The van der Waals surface area contributed by atoms with Gasteiger partial charge in [-0.25, -0.2) is 9.97 Å². The topological polar surface area (TPSA) is 104 Å². The molecule has 2 aromatic rings. The predicted molar refractivity (Wildman–Crippen MR) is 67.8 cm³/mol. The molecule has 7 nitrogen and oxygen atoms in total. The van der Waals surface area contributed by atoms with Crippen molar-refractivity contribution in [3.8, 4) is 11.8 Å². The van der Waals surface area contributed by atoms with Crippen LogP contribution in [0.2, 0.25) is 0 Å². The van der Waals surface area contributed by atoms with E-state index in [0.29, 0.717) is 6.54 Å². The molecule has 0 unspecified atom stereocenters. The zero-order chi connectivity index (χ0) is 13.8. The Balaban J connectivity index is 2.29. The van der Waals surface area contributed by atoms with Crippen molar-refractivity contribution < 1.29 is 9.66 Å². The quantitative estimate of drug-likeness (QED) is 0.665. The maximum absolute atomic E-state index is 10.9. The van der Waals surface area contributed by atoms with Crippen molar-refractivity contribution in [2.24, 2.45) is 5.73 Å². The number of ether oxygens (including phenoxy) is 1. The first-order valence-electron chi connectivity index (χ1n) is 5.54. The van der Waals surface area contributed by atoms with Crippen LogP contribution in [0.25, 0.3) is 0 Å². The second-order valence-electron chi connectivity index (χ2n) is 3.91. The minimum atomic E-state index is -0.503. The van der Waals surface area contributed by atoms with Crippen LogP contribution in [0.15, 0.2) is 30.6 Å². The smallest absolute Gasteiger partial charge is 0.322 e. The Morgan fingerprint density at radius 1 is 1.37 bits per heavy atom. The minimum absolute atomic E-state index is 0.0455. The standard InChI is InChI=1S/C12H12N4O3/c1-8-2-3-11(10(4-8)16(17)18)19-12-14-6-9(5-13)7-15-12/h2-4,6-7H,5,13H2,1H3. The molecule has 0 aliphatic rings. The molecular formula is C12H12N4O3. The first-order valence-corrected chi connectivity index (χ1v) is 5.54. The van der Waals surface area contributed by atoms with Crippen LogP contribution in [0.5, 0.6) is 11.8 Å². The summed E-state index contributed by atoms with van der Waals surface area (Å²) in [6, 6.07) is 4.72. The summed E-state index contributed by atoms with van der Waals surface area (Å²) in [7, 11) is 0. The molecule has 1 aromatic heterocycles. The molecule has 2 rings (SSSR count). The molecule has 7 heteroatoms. The zero-order valence-electron chi connectivity index (χ0n) is 10.2. The van der Waals surface area contributed by atoms with Crippen LogP contribution in [-0.2, 0) is 6.54 Å². The number of nitrogens with zero attached hydrogens (tertiary/aromatic N) is 3. The van der Waals surface area contributed by atoms with Crippen molar-refractivity contribution in [2.45, 2.75) is 13.5 Å². The first-order chi connectivity index (χ1) is 9.10. The highest BCUT2D eigenvalue weighted by molar-refractivity contribution is 5.49. The van der Waals surface area contributed by atoms with Gasteiger partial charge >= 0.3 is 11.7 Å². The summed E-state index contributed by atoms with van der Waals surface area (Å²) >= 11 is 0. The van der Waals surface area contributed by atoms with Crippen LogP contribution in [-0.4, -0.2) is 14.9 Å². The maximum atomic E-state index is 10.9. The van der Waals surface area contributed by atoms with Crippen LogP contribution in [0.4, 0.5) is 5.69 Å². The molecule has 98 valence electrons. The van der Waals surface area contributed by atoms with Gasteiger partial charge in [0.05, 0.1) is 4.92 Å². The summed E-state index contributed by atoms with van der Waals surface area (Å²) in [5.74, 6) is 0.107. The third-order valence-electron chi connectivity index (χ3n) is 2.43. The van der Waals surface area contributed by atoms with Crippen molar-refractivity contribution in [2.75, 3.05) is 0 Å². The number of nitro benzene ring substituents is 1. The highest BCUT2D eigenvalue weighted by Gasteiger charge is 2.16. The Hall–Kier alpha value is -2.54. The number of hydrogen-bond acceptors (Lipinski definition) is 6. The Bertz CT molecular complexity index is 598. The van der Waals surface area contributed by atoms with Gasteiger partial charge in [0.15, 0.2) is 0 Å². The second kappa shape index (κ2) is 5.40. The molecule has 0 amide bonds. The molecule has 0 atom stereocenters. The van der Waals surface area contributed by atoms with Crippen LogP contribution in [0.3, 0.4) is 0 Å². The molecule has 0 aliphatic carbocycles. The molecule has 2 N–H and O–H groups in total. The summed E-state index contributed by atoms with van der Waals surface area (Å²) in [6.07, 6.45) is 3.03. The molecule has 1 aromatic carbocycles. The van der Waals surface area contributed by atoms with Gasteiger partial charge in [-0.3, -0.25) is 10.1 Å². The fourth-order valence-electron chi connectivity index (χ4n) is 1.46. The van der Waals surface area contributed by atoms with E-state index in [4.69, 9.17) is 10.5 Å². The van der Waals surface area contributed by atoms with Crippen LogP contribution in [0, 0.1) is 17.0 Å². The molecule has 0 bridgehead atoms. The van der Waals surface area contributed by atoms with Gasteiger partial charge < -0.3 is 10.5 Å². The molecule has 19 heavy (non-hydrogen) atoms. The van der Waals surface area contributed by atoms with E-state index >= 15 is 0 Å². The fraction of sp³-hybridized carbons (Fsp3) is 0.167. The average molecular weight is 260 g/mol. The molecular weight excluding hydrogens is 248 g/mol. The Morgan fingerprint density at radius 3 is 2.63 bits per heavy atom. The summed E-state index contributed by atoms with van der Waals surface area (Å²) in [5.41, 5.74) is 6.84. The fourth-order valence-corrected chi connectivity index (χ4v) is 1.46. The van der Waals surface area contributed by atoms with Gasteiger partial charge in [-0.2, -0.15) is 0 Å². The zero-order valence-corrected chi connectivity index (χ0v) is 10.2. The molecule has 0 saturated heterocycles. The molecule has 0 radical (unpaired) electrons. The summed E-state index contributed by atoms with van der Waals surface area (Å²) in [4.78, 5) is 18.3. The Morgan fingerprint density at radius 2 is 2.05 bits per heavy atom. The van der Waals surface area contributed by atoms with E-state index in [1.54, 1.807) is 13.0 Å². The monoisotopic (exact) mass is 260 g/mol. The van der Waals surface area contributed by atoms with Gasteiger partial charge in [-0.1, -0.05) is 6.07 Å². The molecule has 1 heterocycles. The van der Waals surface area contributed by atoms with Crippen LogP contribution >= 0.6 is 0 Å². The number of hydrogen-bond donors (Lipinski definition) is 1. The number of benzene rings is 1. The number of nitro groups is 1. The summed E-state index contributed by atoms with van der Waals surface area (Å²) in [6.45, 7) is 2.09. The number of aromatic nitrogens is 2. The van der Waals surface area contributed by atoms with Gasteiger partial charge in [0.1, 0.15) is 0 Å². The van der Waals surface area contributed by atoms with Crippen molar-refractivity contribution in [3.63, 3.8) is 0 Å². The lowest BCUT2D eigenvalue weighted by atomic mass is 10.2. The lowest BCUT2D eigenvalue weighted by Gasteiger charge is -2.05. The van der Waals surface area contributed by atoms with Gasteiger partial charge in [-0.05, 0) is 18.6 Å². The molecule has 0 fully saturated rings. The van der Waals surface area contributed by atoms with E-state index in [1.165, 1.54) is 24.5 Å². The van der Waals surface area contributed by atoms with Gasteiger partial charge in [0.25, 0.3) is 0 Å². The van der Waals surface area contributed by atoms with Crippen LogP contribution in [0.1, 0.15) is 11.1 Å². The van der Waals surface area contributed by atoms with E-state index in [0.717, 1.165) is 11.1 Å². The molecule has 0 aliphatic heterocycles. The predicted octanol–water partition coefficient (Wildman–Crippen LogP) is 1.94. The van der Waals surface area contributed by atoms with E-state index in [9.17, 15) is 10.1 Å². The Kier molecular flexibility index (Phi) is 3.67. The summed E-state index contributed by atoms with van der Waals surface area (Å²) in [5, 5.41) is 10.9. The van der Waals surface area contributed by atoms with E-state index in [1.807, 2.05) is 0 Å². The SMILES string of the molecule is Cc1ccc(Oc2ncc(CN)cn2)c([N+](=O)[O-])c1. The number of rotatable bonds is 4. The normalized spacial score (nSPS) is 10.2. The highest BCUT2D eigenvalue weighted by Crippen LogP contribution is 2.30. The number of aryl methyl sites for hydroxylation is 1. The minimum Gasteiger partial charge on any atom is -0.417 e. The third-order valence-corrected chi connectivity index (χ3v) is 2.43. The first kappa shape index (κ1) is 12.9. The van der Waals surface area contributed by atoms with Gasteiger partial charge in [-0.15, -0.1) is 0 Å². The molecule has 0 saturated carbocycles. The van der Waals surface area contributed by atoms with E-state index in [-0.39, 0.29) is 17.4 Å². The largest absolute Gasteiger partial charge is 0.417 e. The van der Waals surface area contributed by atoms with Crippen LogP contribution < -0.4 is 10.5 Å². The van der Waals surface area contributed by atoms with Crippen molar-refractivity contribution in [3.05, 3.63) is 51.8 Å². The van der Waals surface area contributed by atoms with Crippen molar-refractivity contribution in [1.82, 2.24) is 9.97 Å². The van der Waals surface area contributed by atoms with E-state index in [2.05, 4.69) is 9.97 Å². The van der Waals surface area contributed by atoms with E-state index < -0.39 is 4.92 Å². The lowest BCUT2D eigenvalue weighted by Crippen LogP contribution is -2.00. The van der Waals surface area contributed by atoms with Crippen molar-refractivity contribution in [1.29, 1.82) is 0 Å². The molecule has 0 spiro atoms. The van der Waals surface area contributed by atoms with Gasteiger partial charge in [0.2, 0.25) is 5.75 Å². The highest BCUT2D eigenvalue weighted by atomic mass is 16.6. The van der Waals surface area contributed by atoms with Crippen molar-refractivity contribution >= 4 is 5.69 Å². The third kappa shape index (κ3) is 3.02. The Labute approximate surface area is 109 Å². The number of nitrogens with two attached hydrogens (primary N) is 1.